The van der Waals surface area contributed by atoms with E-state index < -0.39 is 10.0 Å². The molecule has 0 aliphatic carbocycles. The summed E-state index contributed by atoms with van der Waals surface area (Å²) in [7, 11) is -3.79. The van der Waals surface area contributed by atoms with Crippen LogP contribution in [0.15, 0.2) is 76.2 Å². The predicted molar refractivity (Wildman–Crippen MR) is 110 cm³/mol. The first-order chi connectivity index (χ1) is 12.9. The predicted octanol–water partition coefficient (Wildman–Crippen LogP) is 4.22. The molecule has 3 N–H and O–H groups in total. The molecule has 0 aliphatic rings. The fraction of sp³-hybridized carbons (Fsp3) is 0.0556. The molecule has 0 radical (unpaired) electrons. The highest BCUT2D eigenvalue weighted by Crippen LogP contribution is 2.25. The van der Waals surface area contributed by atoms with Crippen molar-refractivity contribution in [2.75, 3.05) is 10.0 Å². The van der Waals surface area contributed by atoms with Crippen molar-refractivity contribution in [1.29, 1.82) is 0 Å². The summed E-state index contributed by atoms with van der Waals surface area (Å²) in [5, 5.41) is 6.60. The quantitative estimate of drug-likeness (QED) is 0.517. The van der Waals surface area contributed by atoms with Gasteiger partial charge in [0.1, 0.15) is 5.76 Å². The molecule has 27 heavy (non-hydrogen) atoms. The van der Waals surface area contributed by atoms with Crippen LogP contribution in [-0.2, 0) is 16.6 Å². The summed E-state index contributed by atoms with van der Waals surface area (Å²) in [6.45, 7) is 0.422. The van der Waals surface area contributed by atoms with Gasteiger partial charge in [0.05, 0.1) is 28.4 Å². The van der Waals surface area contributed by atoms with Crippen LogP contribution in [0.5, 0.6) is 0 Å². The second kappa shape index (κ2) is 8.43. The first kappa shape index (κ1) is 19.2. The summed E-state index contributed by atoms with van der Waals surface area (Å²) in [6, 6.07) is 16.6. The van der Waals surface area contributed by atoms with E-state index in [1.165, 1.54) is 12.1 Å². The van der Waals surface area contributed by atoms with E-state index in [-0.39, 0.29) is 4.90 Å². The number of para-hydroxylation sites is 1. The van der Waals surface area contributed by atoms with E-state index in [9.17, 15) is 8.42 Å². The number of nitrogens with one attached hydrogen (secondary N) is 3. The Hall–Kier alpha value is -2.55. The van der Waals surface area contributed by atoms with Crippen molar-refractivity contribution in [3.63, 3.8) is 0 Å². The maximum Gasteiger partial charge on any atom is 0.262 e. The van der Waals surface area contributed by atoms with Gasteiger partial charge in [-0.1, -0.05) is 29.8 Å². The third-order valence-electron chi connectivity index (χ3n) is 3.52. The van der Waals surface area contributed by atoms with E-state index >= 15 is 0 Å². The highest BCUT2D eigenvalue weighted by Gasteiger charge is 2.16. The van der Waals surface area contributed by atoms with E-state index in [1.54, 1.807) is 48.7 Å². The fourth-order valence-corrected chi connectivity index (χ4v) is 3.80. The Kier molecular flexibility index (Phi) is 6.00. The van der Waals surface area contributed by atoms with Crippen LogP contribution in [0.4, 0.5) is 11.4 Å². The molecule has 0 fully saturated rings. The van der Waals surface area contributed by atoms with Gasteiger partial charge < -0.3 is 15.1 Å². The molecule has 0 aliphatic heterocycles. The number of benzene rings is 2. The monoisotopic (exact) mass is 421 g/mol. The Morgan fingerprint density at radius 1 is 1.07 bits per heavy atom. The lowest BCUT2D eigenvalue weighted by atomic mass is 10.3. The number of hydrogen-bond donors (Lipinski definition) is 3. The van der Waals surface area contributed by atoms with Crippen LogP contribution in [0, 0.1) is 0 Å². The zero-order valence-corrected chi connectivity index (χ0v) is 16.4. The Labute approximate surface area is 167 Å². The second-order valence-corrected chi connectivity index (χ2v) is 8.00. The smallest absolute Gasteiger partial charge is 0.262 e. The van der Waals surface area contributed by atoms with Gasteiger partial charge in [-0.05, 0) is 54.7 Å². The number of rotatable bonds is 6. The topological polar surface area (TPSA) is 83.4 Å². The maximum atomic E-state index is 12.6. The number of anilines is 2. The van der Waals surface area contributed by atoms with E-state index in [1.807, 2.05) is 6.07 Å². The van der Waals surface area contributed by atoms with Crippen molar-refractivity contribution in [3.8, 4) is 0 Å². The van der Waals surface area contributed by atoms with Gasteiger partial charge in [-0.25, -0.2) is 8.42 Å². The molecule has 0 saturated carbocycles. The Morgan fingerprint density at radius 2 is 1.89 bits per heavy atom. The zero-order chi connectivity index (χ0) is 19.3. The number of sulfonamides is 1. The standard InChI is InChI=1S/C18H16ClN3O3S2/c19-16-8-1-2-9-17(16)22-27(23,24)15-7-3-5-13(11-15)21-18(26)20-12-14-6-4-10-25-14/h1-11,22H,12H2,(H2,20,21,26). The van der Waals surface area contributed by atoms with Crippen LogP contribution in [0.3, 0.4) is 0 Å². The van der Waals surface area contributed by atoms with Crippen LogP contribution in [-0.4, -0.2) is 13.5 Å². The van der Waals surface area contributed by atoms with E-state index in [4.69, 9.17) is 28.2 Å². The lowest BCUT2D eigenvalue weighted by Gasteiger charge is -2.12. The summed E-state index contributed by atoms with van der Waals surface area (Å²) in [6.07, 6.45) is 1.58. The summed E-state index contributed by atoms with van der Waals surface area (Å²) >= 11 is 11.2. The van der Waals surface area contributed by atoms with Gasteiger partial charge in [0, 0.05) is 5.69 Å². The minimum absolute atomic E-state index is 0.0845. The normalized spacial score (nSPS) is 11.0. The third kappa shape index (κ3) is 5.22. The molecule has 0 atom stereocenters. The Morgan fingerprint density at radius 3 is 2.63 bits per heavy atom. The SMILES string of the molecule is O=S(=O)(Nc1ccccc1Cl)c1cccc(NC(=S)NCc2ccco2)c1. The lowest BCUT2D eigenvalue weighted by molar-refractivity contribution is 0.503. The number of halogens is 1. The highest BCUT2D eigenvalue weighted by atomic mass is 35.5. The highest BCUT2D eigenvalue weighted by molar-refractivity contribution is 7.92. The van der Waals surface area contributed by atoms with Gasteiger partial charge in [0.2, 0.25) is 0 Å². The molecule has 2 aromatic carbocycles. The molecule has 0 spiro atoms. The third-order valence-corrected chi connectivity index (χ3v) is 5.46. The van der Waals surface area contributed by atoms with Gasteiger partial charge >= 0.3 is 0 Å². The fourth-order valence-electron chi connectivity index (χ4n) is 2.24. The van der Waals surface area contributed by atoms with Crippen LogP contribution in [0.25, 0.3) is 0 Å². The lowest BCUT2D eigenvalue weighted by Crippen LogP contribution is -2.27. The number of hydrogen-bond acceptors (Lipinski definition) is 4. The van der Waals surface area contributed by atoms with Gasteiger partial charge in [0.25, 0.3) is 10.0 Å². The molecule has 0 amide bonds. The summed E-state index contributed by atoms with van der Waals surface area (Å²) in [4.78, 5) is 0.0845. The van der Waals surface area contributed by atoms with E-state index in [2.05, 4.69) is 15.4 Å². The average molecular weight is 422 g/mol. The van der Waals surface area contributed by atoms with Crippen molar-refractivity contribution < 1.29 is 12.8 Å². The zero-order valence-electron chi connectivity index (χ0n) is 14.0. The molecule has 3 aromatic rings. The molecule has 3 rings (SSSR count). The van der Waals surface area contributed by atoms with Crippen LogP contribution in [0.1, 0.15) is 5.76 Å². The summed E-state index contributed by atoms with van der Waals surface area (Å²) in [5.41, 5.74) is 0.849. The van der Waals surface area contributed by atoms with Crippen LogP contribution in [0.2, 0.25) is 5.02 Å². The molecular formula is C18H16ClN3O3S2. The molecule has 9 heteroatoms. The van der Waals surface area contributed by atoms with E-state index in [0.717, 1.165) is 5.76 Å². The molecule has 1 aromatic heterocycles. The number of furan rings is 1. The van der Waals surface area contributed by atoms with Gasteiger partial charge in [-0.2, -0.15) is 0 Å². The van der Waals surface area contributed by atoms with Gasteiger partial charge in [-0.3, -0.25) is 4.72 Å². The Bertz CT molecular complexity index is 1040. The van der Waals surface area contributed by atoms with Gasteiger partial charge in [-0.15, -0.1) is 0 Å². The first-order valence-electron chi connectivity index (χ1n) is 7.89. The van der Waals surface area contributed by atoms with Crippen molar-refractivity contribution >= 4 is 50.3 Å². The molecular weight excluding hydrogens is 406 g/mol. The Balaban J connectivity index is 1.69. The maximum absolute atomic E-state index is 12.6. The minimum atomic E-state index is -3.79. The minimum Gasteiger partial charge on any atom is -0.467 e. The largest absolute Gasteiger partial charge is 0.467 e. The van der Waals surface area contributed by atoms with Gasteiger partial charge in [0.15, 0.2) is 5.11 Å². The summed E-state index contributed by atoms with van der Waals surface area (Å²) < 4.78 is 32.9. The molecule has 0 unspecified atom stereocenters. The molecule has 0 saturated heterocycles. The number of thiocarbonyl (C=S) groups is 1. The molecule has 6 nitrogen and oxygen atoms in total. The van der Waals surface area contributed by atoms with Crippen LogP contribution < -0.4 is 15.4 Å². The van der Waals surface area contributed by atoms with E-state index in [0.29, 0.717) is 28.1 Å². The molecule has 0 bridgehead atoms. The summed E-state index contributed by atoms with van der Waals surface area (Å²) in [5.74, 6) is 0.736. The van der Waals surface area contributed by atoms with Crippen molar-refractivity contribution in [2.24, 2.45) is 0 Å². The molecule has 140 valence electrons. The van der Waals surface area contributed by atoms with Crippen molar-refractivity contribution in [3.05, 3.63) is 77.7 Å². The van der Waals surface area contributed by atoms with Crippen LogP contribution >= 0.6 is 23.8 Å². The molecule has 1 heterocycles. The average Bonchev–Trinajstić information content (AvgIpc) is 3.16. The first-order valence-corrected chi connectivity index (χ1v) is 10.2. The van der Waals surface area contributed by atoms with Crippen molar-refractivity contribution in [2.45, 2.75) is 11.4 Å². The second-order valence-electron chi connectivity index (χ2n) is 5.50. The van der Waals surface area contributed by atoms with Crippen molar-refractivity contribution in [1.82, 2.24) is 5.32 Å².